The summed E-state index contributed by atoms with van der Waals surface area (Å²) >= 11 is 1.98. The summed E-state index contributed by atoms with van der Waals surface area (Å²) in [5.74, 6) is 3.20. The first kappa shape index (κ1) is 23.7. The molecule has 2 N–H and O–H groups in total. The highest BCUT2D eigenvalue weighted by molar-refractivity contribution is 7.99. The van der Waals surface area contributed by atoms with Gasteiger partial charge in [-0.15, -0.1) is 0 Å². The molecule has 0 aromatic heterocycles. The van der Waals surface area contributed by atoms with Crippen molar-refractivity contribution in [2.24, 2.45) is 0 Å². The Morgan fingerprint density at radius 1 is 1.06 bits per heavy atom. The smallest absolute Gasteiger partial charge is 0.210 e. The van der Waals surface area contributed by atoms with Gasteiger partial charge in [0.05, 0.1) is 6.54 Å². The van der Waals surface area contributed by atoms with E-state index in [9.17, 15) is 0 Å². The molecule has 1 fully saturated rings. The average Bonchev–Trinajstić information content (AvgIpc) is 2.77. The van der Waals surface area contributed by atoms with Crippen molar-refractivity contribution in [2.45, 2.75) is 58.9 Å². The highest BCUT2D eigenvalue weighted by Crippen LogP contribution is 2.26. The molecule has 0 bridgehead atoms. The number of benzene rings is 2. The molecule has 0 radical (unpaired) electrons. The van der Waals surface area contributed by atoms with Crippen molar-refractivity contribution in [3.8, 4) is 0 Å². The van der Waals surface area contributed by atoms with E-state index < -0.39 is 0 Å². The van der Waals surface area contributed by atoms with Crippen LogP contribution in [0.25, 0.3) is 0 Å². The van der Waals surface area contributed by atoms with E-state index in [1.165, 1.54) is 16.7 Å². The van der Waals surface area contributed by atoms with E-state index >= 15 is 0 Å². The largest absolute Gasteiger partial charge is 0.307 e. The highest BCUT2D eigenvalue weighted by Gasteiger charge is 2.19. The fourth-order valence-corrected chi connectivity index (χ4v) is 4.60. The molecule has 3 rings (SSSR count). The molecule has 0 saturated carbocycles. The van der Waals surface area contributed by atoms with Gasteiger partial charge in [0.2, 0.25) is 5.96 Å². The second kappa shape index (κ2) is 10.6. The molecule has 2 aromatic rings. The number of hydrogen-bond donors (Lipinski definition) is 2. The zero-order chi connectivity index (χ0) is 22.4. The molecule has 1 atom stereocenters. The van der Waals surface area contributed by atoms with Crippen LogP contribution < -0.4 is 10.3 Å². The Balaban J connectivity index is 1.82. The number of nitrogens with zero attached hydrogens (tertiary/aromatic N) is 2. The van der Waals surface area contributed by atoms with E-state index in [0.717, 1.165) is 36.7 Å². The highest BCUT2D eigenvalue weighted by atomic mass is 32.2. The van der Waals surface area contributed by atoms with Gasteiger partial charge in [-0.25, -0.2) is 5.01 Å². The normalized spacial score (nSPS) is 16.0. The van der Waals surface area contributed by atoms with Crippen LogP contribution in [0.1, 0.15) is 63.6 Å². The van der Waals surface area contributed by atoms with Crippen molar-refractivity contribution in [3.63, 3.8) is 0 Å². The van der Waals surface area contributed by atoms with E-state index in [4.69, 9.17) is 5.41 Å². The summed E-state index contributed by atoms with van der Waals surface area (Å²) in [5.41, 5.74) is 8.44. The Morgan fingerprint density at radius 2 is 1.68 bits per heavy atom. The van der Waals surface area contributed by atoms with Crippen molar-refractivity contribution < 1.29 is 0 Å². The van der Waals surface area contributed by atoms with E-state index in [2.05, 4.69) is 98.5 Å². The second-order valence-electron chi connectivity index (χ2n) is 9.49. The molecule has 1 heterocycles. The summed E-state index contributed by atoms with van der Waals surface area (Å²) in [6.07, 6.45) is 1.13. The molecular formula is C26H38N4S. The monoisotopic (exact) mass is 438 g/mol. The van der Waals surface area contributed by atoms with Gasteiger partial charge in [-0.2, -0.15) is 11.8 Å². The van der Waals surface area contributed by atoms with Crippen LogP contribution in [0.3, 0.4) is 0 Å². The van der Waals surface area contributed by atoms with Crippen LogP contribution >= 0.6 is 11.8 Å². The quantitative estimate of drug-likeness (QED) is 0.429. The summed E-state index contributed by atoms with van der Waals surface area (Å²) < 4.78 is 0. The van der Waals surface area contributed by atoms with Gasteiger partial charge in [-0.1, -0.05) is 71.0 Å². The number of thioether (sulfide) groups is 1. The van der Waals surface area contributed by atoms with Crippen molar-refractivity contribution in [1.82, 2.24) is 10.4 Å². The maximum atomic E-state index is 8.85. The van der Waals surface area contributed by atoms with Gasteiger partial charge in [-0.3, -0.25) is 10.8 Å². The Kier molecular flexibility index (Phi) is 8.06. The fourth-order valence-electron chi connectivity index (χ4n) is 3.70. The predicted molar refractivity (Wildman–Crippen MR) is 136 cm³/mol. The molecule has 1 saturated heterocycles. The molecule has 1 aliphatic rings. The van der Waals surface area contributed by atoms with Crippen LogP contribution in [0.15, 0.2) is 48.5 Å². The molecule has 0 amide bonds. The molecule has 5 heteroatoms. The Hall–Kier alpha value is -1.98. The number of nitrogens with one attached hydrogen (secondary N) is 2. The van der Waals surface area contributed by atoms with Crippen LogP contribution in [0.2, 0.25) is 0 Å². The summed E-state index contributed by atoms with van der Waals surface area (Å²) in [6.45, 7) is 13.8. The van der Waals surface area contributed by atoms with Gasteiger partial charge in [0, 0.05) is 30.3 Å². The summed E-state index contributed by atoms with van der Waals surface area (Å²) in [5, 5.41) is 11.0. The number of hydrazine groups is 1. The predicted octanol–water partition coefficient (Wildman–Crippen LogP) is 5.99. The first-order chi connectivity index (χ1) is 14.8. The van der Waals surface area contributed by atoms with Crippen LogP contribution in [-0.4, -0.2) is 35.6 Å². The third-order valence-electron chi connectivity index (χ3n) is 6.09. The topological polar surface area (TPSA) is 42.4 Å². The minimum absolute atomic E-state index is 0.143. The van der Waals surface area contributed by atoms with Crippen LogP contribution in [0.5, 0.6) is 0 Å². The minimum Gasteiger partial charge on any atom is -0.307 e. The molecule has 31 heavy (non-hydrogen) atoms. The lowest BCUT2D eigenvalue weighted by molar-refractivity contribution is 0.258. The molecule has 0 spiro atoms. The Bertz CT molecular complexity index is 833. The van der Waals surface area contributed by atoms with Crippen molar-refractivity contribution in [2.75, 3.05) is 29.5 Å². The second-order valence-corrected chi connectivity index (χ2v) is 10.7. The van der Waals surface area contributed by atoms with E-state index in [1.54, 1.807) is 0 Å². The first-order valence-electron chi connectivity index (χ1n) is 11.4. The maximum absolute atomic E-state index is 8.85. The van der Waals surface area contributed by atoms with Gasteiger partial charge in [0.25, 0.3) is 0 Å². The third-order valence-corrected chi connectivity index (χ3v) is 7.03. The molecule has 0 aliphatic carbocycles. The number of guanidine groups is 1. The Morgan fingerprint density at radius 3 is 2.23 bits per heavy atom. The minimum atomic E-state index is 0.143. The number of anilines is 1. The number of hydrogen-bond acceptors (Lipinski definition) is 3. The third kappa shape index (κ3) is 6.50. The fraction of sp³-hybridized carbons (Fsp3) is 0.500. The summed E-state index contributed by atoms with van der Waals surface area (Å²) in [6, 6.07) is 17.6. The van der Waals surface area contributed by atoms with Gasteiger partial charge in [0.15, 0.2) is 0 Å². The zero-order valence-corrected chi connectivity index (χ0v) is 20.6. The Labute approximate surface area is 192 Å². The molecule has 1 aliphatic heterocycles. The van der Waals surface area contributed by atoms with Crippen molar-refractivity contribution in [1.29, 1.82) is 5.41 Å². The average molecular weight is 439 g/mol. The first-order valence-corrected chi connectivity index (χ1v) is 12.6. The van der Waals surface area contributed by atoms with Crippen LogP contribution in [-0.2, 0) is 12.0 Å². The molecule has 1 unspecified atom stereocenters. The zero-order valence-electron chi connectivity index (χ0n) is 19.7. The molecule has 2 aromatic carbocycles. The summed E-state index contributed by atoms with van der Waals surface area (Å²) in [4.78, 5) is 2.08. The van der Waals surface area contributed by atoms with Gasteiger partial charge in [-0.05, 0) is 46.6 Å². The maximum Gasteiger partial charge on any atom is 0.210 e. The van der Waals surface area contributed by atoms with Gasteiger partial charge < -0.3 is 4.90 Å². The van der Waals surface area contributed by atoms with Gasteiger partial charge in [0.1, 0.15) is 0 Å². The lowest BCUT2D eigenvalue weighted by Crippen LogP contribution is -2.52. The van der Waals surface area contributed by atoms with E-state index in [1.807, 2.05) is 11.8 Å². The number of rotatable bonds is 6. The molecular weight excluding hydrogens is 400 g/mol. The lowest BCUT2D eigenvalue weighted by atomic mass is 9.87. The lowest BCUT2D eigenvalue weighted by Gasteiger charge is -2.33. The van der Waals surface area contributed by atoms with Crippen molar-refractivity contribution in [3.05, 3.63) is 65.2 Å². The summed E-state index contributed by atoms with van der Waals surface area (Å²) in [7, 11) is 0. The van der Waals surface area contributed by atoms with Crippen molar-refractivity contribution >= 4 is 23.4 Å². The SMILES string of the molecule is CCC(C)c1ccc(N(Cc2ccc(C(C)(C)C)cc2)C(=N)NN2CCSCC2)cc1. The van der Waals surface area contributed by atoms with E-state index in [0.29, 0.717) is 18.4 Å². The van der Waals surface area contributed by atoms with Crippen LogP contribution in [0, 0.1) is 5.41 Å². The van der Waals surface area contributed by atoms with E-state index in [-0.39, 0.29) is 5.41 Å². The van der Waals surface area contributed by atoms with Gasteiger partial charge >= 0.3 is 0 Å². The standard InChI is InChI=1S/C26H38N4S/c1-6-20(2)22-9-13-24(14-10-22)30(25(27)28-29-15-17-31-18-16-29)19-21-7-11-23(12-8-21)26(3,4)5/h7-14,20H,6,15-19H2,1-5H3,(H2,27,28). The van der Waals surface area contributed by atoms with Crippen LogP contribution in [0.4, 0.5) is 5.69 Å². The molecule has 4 nitrogen and oxygen atoms in total. The molecule has 168 valence electrons.